The fourth-order valence-corrected chi connectivity index (χ4v) is 5.47. The molecule has 0 bridgehead atoms. The monoisotopic (exact) mass is 462 g/mol. The molecule has 1 aliphatic heterocycles. The highest BCUT2D eigenvalue weighted by molar-refractivity contribution is 7.99. The summed E-state index contributed by atoms with van der Waals surface area (Å²) >= 11 is 1.30. The predicted octanol–water partition coefficient (Wildman–Crippen LogP) is 2.42. The first kappa shape index (κ1) is 23.7. The molecule has 1 fully saturated rings. The molecule has 0 radical (unpaired) electrons. The van der Waals surface area contributed by atoms with Crippen LogP contribution in [0.5, 0.6) is 0 Å². The predicted molar refractivity (Wildman–Crippen MR) is 124 cm³/mol. The maximum atomic E-state index is 12.8. The summed E-state index contributed by atoms with van der Waals surface area (Å²) in [7, 11) is -1.54. The second kappa shape index (κ2) is 11.1. The number of benzene rings is 1. The molecule has 0 saturated carbocycles. The van der Waals surface area contributed by atoms with Crippen LogP contribution in [0.15, 0.2) is 58.6 Å². The lowest BCUT2D eigenvalue weighted by Crippen LogP contribution is -2.47. The number of likely N-dealkylation sites (N-methyl/N-ethyl adjacent to an activating group) is 1. The zero-order chi connectivity index (χ0) is 22.3. The first-order valence-electron chi connectivity index (χ1n) is 10.5. The van der Waals surface area contributed by atoms with E-state index in [4.69, 9.17) is 0 Å². The van der Waals surface area contributed by atoms with Gasteiger partial charge in [-0.3, -0.25) is 4.79 Å². The van der Waals surface area contributed by atoms with Gasteiger partial charge in [-0.15, -0.1) is 0 Å². The van der Waals surface area contributed by atoms with Gasteiger partial charge in [-0.1, -0.05) is 49.0 Å². The van der Waals surface area contributed by atoms with Crippen LogP contribution in [0.2, 0.25) is 0 Å². The number of carbonyl (C=O) groups is 1. The van der Waals surface area contributed by atoms with Crippen molar-refractivity contribution in [3.8, 4) is 0 Å². The molecular weight excluding hydrogens is 432 g/mol. The summed E-state index contributed by atoms with van der Waals surface area (Å²) in [6, 6.07) is 13.4. The Bertz CT molecular complexity index is 944. The number of sulfonamides is 1. The first-order chi connectivity index (χ1) is 14.9. The smallest absolute Gasteiger partial charge is 0.244 e. The third-order valence-electron chi connectivity index (χ3n) is 5.47. The quantitative estimate of drug-likeness (QED) is 0.577. The molecule has 3 rings (SSSR count). The zero-order valence-corrected chi connectivity index (χ0v) is 19.7. The van der Waals surface area contributed by atoms with E-state index in [0.717, 1.165) is 19.5 Å². The molecular formula is C22H30N4O3S2. The number of rotatable bonds is 9. The highest BCUT2D eigenvalue weighted by Gasteiger charge is 2.27. The normalized spacial score (nSPS) is 16.7. The van der Waals surface area contributed by atoms with E-state index in [1.807, 2.05) is 25.2 Å². The van der Waals surface area contributed by atoms with Crippen molar-refractivity contribution in [1.82, 2.24) is 19.5 Å². The number of hydrogen-bond donors (Lipinski definition) is 1. The minimum absolute atomic E-state index is 0.0599. The molecule has 1 N–H and O–H groups in total. The Balaban J connectivity index is 1.49. The molecule has 0 spiro atoms. The average Bonchev–Trinajstić information content (AvgIpc) is 2.79. The summed E-state index contributed by atoms with van der Waals surface area (Å²) < 4.78 is 27.0. The van der Waals surface area contributed by atoms with E-state index in [-0.39, 0.29) is 22.5 Å². The second-order valence-corrected chi connectivity index (χ2v) is 10.6. The standard InChI is InChI=1S/C22H30N4O3S2/c1-3-18(19-7-5-4-6-8-19)15-23-21(27)17-30-22-10-9-20(16-24-22)31(28,29)26-13-11-25(2)12-14-26/h4-10,16,18H,3,11-15,17H2,1-2H3,(H,23,27). The molecule has 7 nitrogen and oxygen atoms in total. The van der Waals surface area contributed by atoms with Gasteiger partial charge in [0, 0.05) is 44.8 Å². The summed E-state index contributed by atoms with van der Waals surface area (Å²) in [5, 5.41) is 3.62. The number of nitrogens with one attached hydrogen (secondary N) is 1. The van der Waals surface area contributed by atoms with Crippen LogP contribution in [0, 0.1) is 0 Å². The fraction of sp³-hybridized carbons (Fsp3) is 0.455. The van der Waals surface area contributed by atoms with Gasteiger partial charge >= 0.3 is 0 Å². The van der Waals surface area contributed by atoms with Gasteiger partial charge in [-0.25, -0.2) is 13.4 Å². The van der Waals surface area contributed by atoms with E-state index < -0.39 is 10.0 Å². The van der Waals surface area contributed by atoms with Gasteiger partial charge < -0.3 is 10.2 Å². The molecule has 1 unspecified atom stereocenters. The van der Waals surface area contributed by atoms with Crippen LogP contribution >= 0.6 is 11.8 Å². The third-order valence-corrected chi connectivity index (χ3v) is 8.30. The van der Waals surface area contributed by atoms with E-state index >= 15 is 0 Å². The van der Waals surface area contributed by atoms with Gasteiger partial charge in [0.15, 0.2) is 0 Å². The topological polar surface area (TPSA) is 82.6 Å². The minimum Gasteiger partial charge on any atom is -0.355 e. The lowest BCUT2D eigenvalue weighted by atomic mass is 9.96. The third kappa shape index (κ3) is 6.52. The Hall–Kier alpha value is -1.94. The van der Waals surface area contributed by atoms with Gasteiger partial charge in [0.05, 0.1) is 10.8 Å². The van der Waals surface area contributed by atoms with Crippen LogP contribution in [0.25, 0.3) is 0 Å². The van der Waals surface area contributed by atoms with Crippen molar-refractivity contribution >= 4 is 27.7 Å². The van der Waals surface area contributed by atoms with Crippen molar-refractivity contribution in [2.24, 2.45) is 0 Å². The van der Waals surface area contributed by atoms with Gasteiger partial charge in [-0.2, -0.15) is 4.31 Å². The molecule has 1 atom stereocenters. The summed E-state index contributed by atoms with van der Waals surface area (Å²) in [6.45, 7) is 5.11. The van der Waals surface area contributed by atoms with Gasteiger partial charge in [0.25, 0.3) is 0 Å². The summed E-state index contributed by atoms with van der Waals surface area (Å²) in [5.74, 6) is 0.464. The number of hydrogen-bond acceptors (Lipinski definition) is 6. The number of carbonyl (C=O) groups excluding carboxylic acids is 1. The fourth-order valence-electron chi connectivity index (χ4n) is 3.43. The van der Waals surface area contributed by atoms with E-state index in [2.05, 4.69) is 34.3 Å². The van der Waals surface area contributed by atoms with E-state index in [1.54, 1.807) is 12.1 Å². The minimum atomic E-state index is -3.53. The zero-order valence-electron chi connectivity index (χ0n) is 18.0. The number of pyridine rings is 1. The van der Waals surface area contributed by atoms with Crippen LogP contribution in [0.1, 0.15) is 24.8 Å². The Morgan fingerprint density at radius 3 is 2.45 bits per heavy atom. The molecule has 1 amide bonds. The largest absolute Gasteiger partial charge is 0.355 e. The van der Waals surface area contributed by atoms with Crippen molar-refractivity contribution < 1.29 is 13.2 Å². The van der Waals surface area contributed by atoms with Crippen molar-refractivity contribution in [2.45, 2.75) is 29.2 Å². The van der Waals surface area contributed by atoms with Crippen LogP contribution in [-0.2, 0) is 14.8 Å². The summed E-state index contributed by atoms with van der Waals surface area (Å²) in [5.41, 5.74) is 1.22. The van der Waals surface area contributed by atoms with E-state index in [1.165, 1.54) is 27.8 Å². The van der Waals surface area contributed by atoms with E-state index in [0.29, 0.717) is 24.7 Å². The Kier molecular flexibility index (Phi) is 8.48. The SMILES string of the molecule is CCC(CNC(=O)CSc1ccc(S(=O)(=O)N2CCN(C)CC2)cn1)c1ccccc1. The summed E-state index contributed by atoms with van der Waals surface area (Å²) in [6.07, 6.45) is 2.33. The lowest BCUT2D eigenvalue weighted by Gasteiger charge is -2.31. The average molecular weight is 463 g/mol. The number of nitrogens with zero attached hydrogens (tertiary/aromatic N) is 3. The molecule has 1 aromatic heterocycles. The number of thioether (sulfide) groups is 1. The van der Waals surface area contributed by atoms with Gasteiger partial charge in [0.1, 0.15) is 4.90 Å². The van der Waals surface area contributed by atoms with E-state index in [9.17, 15) is 13.2 Å². The van der Waals surface area contributed by atoms with Crippen molar-refractivity contribution in [2.75, 3.05) is 45.5 Å². The number of piperazine rings is 1. The molecule has 1 aromatic carbocycles. The Labute approximate surface area is 189 Å². The number of aromatic nitrogens is 1. The maximum Gasteiger partial charge on any atom is 0.244 e. The Morgan fingerprint density at radius 1 is 1.13 bits per heavy atom. The molecule has 31 heavy (non-hydrogen) atoms. The summed E-state index contributed by atoms with van der Waals surface area (Å²) in [4.78, 5) is 18.8. The highest BCUT2D eigenvalue weighted by Crippen LogP contribution is 2.21. The molecule has 2 heterocycles. The van der Waals surface area contributed by atoms with Crippen molar-refractivity contribution in [1.29, 1.82) is 0 Å². The molecule has 1 saturated heterocycles. The molecule has 0 aliphatic carbocycles. The Morgan fingerprint density at radius 2 is 1.84 bits per heavy atom. The lowest BCUT2D eigenvalue weighted by molar-refractivity contribution is -0.118. The van der Waals surface area contributed by atoms with Crippen LogP contribution in [-0.4, -0.2) is 74.0 Å². The van der Waals surface area contributed by atoms with Crippen molar-refractivity contribution in [3.05, 3.63) is 54.2 Å². The van der Waals surface area contributed by atoms with Gasteiger partial charge in [0.2, 0.25) is 15.9 Å². The molecule has 168 valence electrons. The molecule has 1 aliphatic rings. The second-order valence-electron chi connectivity index (χ2n) is 7.65. The van der Waals surface area contributed by atoms with Crippen molar-refractivity contribution in [3.63, 3.8) is 0 Å². The van der Waals surface area contributed by atoms with Crippen LogP contribution in [0.3, 0.4) is 0 Å². The molecule has 2 aromatic rings. The number of amides is 1. The molecule has 9 heteroatoms. The van der Waals surface area contributed by atoms with Crippen LogP contribution < -0.4 is 5.32 Å². The van der Waals surface area contributed by atoms with Gasteiger partial charge in [-0.05, 0) is 31.2 Å². The maximum absolute atomic E-state index is 12.8. The first-order valence-corrected chi connectivity index (χ1v) is 12.9. The highest BCUT2D eigenvalue weighted by atomic mass is 32.2. The van der Waals surface area contributed by atoms with Crippen LogP contribution in [0.4, 0.5) is 0 Å².